The zero-order valence-corrected chi connectivity index (χ0v) is 12.3. The van der Waals surface area contributed by atoms with Crippen molar-refractivity contribution in [2.75, 3.05) is 20.8 Å². The van der Waals surface area contributed by atoms with Gasteiger partial charge in [0.2, 0.25) is 0 Å². The van der Waals surface area contributed by atoms with Crippen LogP contribution >= 0.6 is 0 Å². The first-order valence-electron chi connectivity index (χ1n) is 6.77. The summed E-state index contributed by atoms with van der Waals surface area (Å²) < 4.78 is 10.5. The van der Waals surface area contributed by atoms with Crippen LogP contribution in [0.1, 0.15) is 38.4 Å². The lowest BCUT2D eigenvalue weighted by Gasteiger charge is -2.22. The number of hydrogen-bond acceptors (Lipinski definition) is 4. The molecule has 0 aliphatic carbocycles. The molecule has 0 fully saturated rings. The van der Waals surface area contributed by atoms with Gasteiger partial charge in [0.05, 0.1) is 20.3 Å². The molecule has 2 unspecified atom stereocenters. The smallest absolute Gasteiger partial charge is 0.124 e. The number of ether oxygens (including phenoxy) is 2. The van der Waals surface area contributed by atoms with Crippen LogP contribution in [0.2, 0.25) is 0 Å². The van der Waals surface area contributed by atoms with E-state index in [-0.39, 0.29) is 6.04 Å². The maximum Gasteiger partial charge on any atom is 0.124 e. The van der Waals surface area contributed by atoms with Gasteiger partial charge in [-0.05, 0) is 38.1 Å². The maximum absolute atomic E-state index is 10.4. The van der Waals surface area contributed by atoms with E-state index in [1.807, 2.05) is 25.1 Å². The largest absolute Gasteiger partial charge is 0.497 e. The van der Waals surface area contributed by atoms with E-state index in [0.29, 0.717) is 5.75 Å². The van der Waals surface area contributed by atoms with Crippen molar-refractivity contribution in [2.45, 2.75) is 38.8 Å². The molecule has 0 aliphatic heterocycles. The van der Waals surface area contributed by atoms with Crippen LogP contribution in [0.3, 0.4) is 0 Å². The van der Waals surface area contributed by atoms with Gasteiger partial charge in [0.1, 0.15) is 11.5 Å². The van der Waals surface area contributed by atoms with Gasteiger partial charge in [-0.15, -0.1) is 0 Å². The minimum Gasteiger partial charge on any atom is -0.497 e. The number of aliphatic hydroxyl groups is 1. The summed E-state index contributed by atoms with van der Waals surface area (Å²) in [5, 5.41) is 13.7. The van der Waals surface area contributed by atoms with Gasteiger partial charge in [-0.25, -0.2) is 0 Å². The van der Waals surface area contributed by atoms with Crippen molar-refractivity contribution in [2.24, 2.45) is 0 Å². The normalized spacial score (nSPS) is 13.9. The van der Waals surface area contributed by atoms with Gasteiger partial charge < -0.3 is 19.9 Å². The van der Waals surface area contributed by atoms with Gasteiger partial charge in [0.15, 0.2) is 0 Å². The first-order chi connectivity index (χ1) is 9.13. The molecule has 4 nitrogen and oxygen atoms in total. The van der Waals surface area contributed by atoms with E-state index >= 15 is 0 Å². The van der Waals surface area contributed by atoms with Gasteiger partial charge in [0, 0.05) is 11.6 Å². The van der Waals surface area contributed by atoms with Crippen LogP contribution in [0.5, 0.6) is 11.5 Å². The fourth-order valence-electron chi connectivity index (χ4n) is 1.96. The second kappa shape index (κ2) is 8.02. The molecule has 0 saturated carbocycles. The van der Waals surface area contributed by atoms with Crippen LogP contribution in [0, 0.1) is 0 Å². The highest BCUT2D eigenvalue weighted by Gasteiger charge is 2.20. The third kappa shape index (κ3) is 4.40. The van der Waals surface area contributed by atoms with Crippen molar-refractivity contribution in [3.05, 3.63) is 23.8 Å². The molecule has 108 valence electrons. The van der Waals surface area contributed by atoms with E-state index < -0.39 is 6.10 Å². The van der Waals surface area contributed by atoms with Gasteiger partial charge >= 0.3 is 0 Å². The Labute approximate surface area is 115 Å². The Kier molecular flexibility index (Phi) is 6.67. The van der Waals surface area contributed by atoms with Gasteiger partial charge in [-0.1, -0.05) is 13.3 Å². The van der Waals surface area contributed by atoms with Gasteiger partial charge in [0.25, 0.3) is 0 Å². The molecule has 0 amide bonds. The SMILES string of the molecule is CCCCNC(C)C(O)c1cc(OC)ccc1OC. The summed E-state index contributed by atoms with van der Waals surface area (Å²) in [5.74, 6) is 1.40. The number of hydrogen-bond donors (Lipinski definition) is 2. The van der Waals surface area contributed by atoms with Crippen molar-refractivity contribution in [1.29, 1.82) is 0 Å². The maximum atomic E-state index is 10.4. The highest BCUT2D eigenvalue weighted by Crippen LogP contribution is 2.30. The van der Waals surface area contributed by atoms with E-state index in [9.17, 15) is 5.11 Å². The monoisotopic (exact) mass is 267 g/mol. The number of nitrogens with one attached hydrogen (secondary N) is 1. The average Bonchev–Trinajstić information content (AvgIpc) is 2.45. The molecule has 0 radical (unpaired) electrons. The molecule has 0 heterocycles. The second-order valence-corrected chi connectivity index (χ2v) is 4.65. The third-order valence-electron chi connectivity index (χ3n) is 3.23. The summed E-state index contributed by atoms with van der Waals surface area (Å²) in [6.45, 7) is 5.02. The Morgan fingerprint density at radius 2 is 2.00 bits per heavy atom. The summed E-state index contributed by atoms with van der Waals surface area (Å²) in [4.78, 5) is 0. The minimum absolute atomic E-state index is 0.0347. The fourth-order valence-corrected chi connectivity index (χ4v) is 1.96. The highest BCUT2D eigenvalue weighted by molar-refractivity contribution is 5.42. The van der Waals surface area contributed by atoms with Crippen LogP contribution in [0.25, 0.3) is 0 Å². The minimum atomic E-state index is -0.623. The molecule has 2 N–H and O–H groups in total. The zero-order valence-electron chi connectivity index (χ0n) is 12.3. The molecule has 1 rings (SSSR count). The van der Waals surface area contributed by atoms with Crippen molar-refractivity contribution in [1.82, 2.24) is 5.32 Å². The number of methoxy groups -OCH3 is 2. The molecular weight excluding hydrogens is 242 g/mol. The number of benzene rings is 1. The first kappa shape index (κ1) is 15.8. The van der Waals surface area contributed by atoms with E-state index in [0.717, 1.165) is 30.7 Å². The van der Waals surface area contributed by atoms with Crippen molar-refractivity contribution in [3.63, 3.8) is 0 Å². The second-order valence-electron chi connectivity index (χ2n) is 4.65. The summed E-state index contributed by atoms with van der Waals surface area (Å²) >= 11 is 0. The lowest BCUT2D eigenvalue weighted by molar-refractivity contribution is 0.132. The predicted molar refractivity (Wildman–Crippen MR) is 76.9 cm³/mol. The Morgan fingerprint density at radius 1 is 1.26 bits per heavy atom. The molecule has 1 aromatic rings. The van der Waals surface area contributed by atoms with Crippen LogP contribution in [-0.2, 0) is 0 Å². The Bertz CT molecular complexity index is 382. The van der Waals surface area contributed by atoms with E-state index in [2.05, 4.69) is 12.2 Å². The van der Waals surface area contributed by atoms with Gasteiger partial charge in [-0.2, -0.15) is 0 Å². The lowest BCUT2D eigenvalue weighted by atomic mass is 10.0. The molecule has 2 atom stereocenters. The standard InChI is InChI=1S/C15H25NO3/c1-5-6-9-16-11(2)15(17)13-10-12(18-3)7-8-14(13)19-4/h7-8,10-11,15-17H,5-6,9H2,1-4H3. The molecule has 0 bridgehead atoms. The van der Waals surface area contributed by atoms with Crippen molar-refractivity contribution >= 4 is 0 Å². The number of aliphatic hydroxyl groups excluding tert-OH is 1. The van der Waals surface area contributed by atoms with E-state index in [1.54, 1.807) is 14.2 Å². The van der Waals surface area contributed by atoms with Gasteiger partial charge in [-0.3, -0.25) is 0 Å². The Balaban J connectivity index is 2.81. The molecular formula is C15H25NO3. The summed E-state index contributed by atoms with van der Waals surface area (Å²) in [5.41, 5.74) is 0.748. The zero-order chi connectivity index (χ0) is 14.3. The lowest BCUT2D eigenvalue weighted by Crippen LogP contribution is -2.33. The topological polar surface area (TPSA) is 50.7 Å². The molecule has 0 saturated heterocycles. The number of unbranched alkanes of at least 4 members (excludes halogenated alkanes) is 1. The van der Waals surface area contributed by atoms with Crippen molar-refractivity contribution < 1.29 is 14.6 Å². The summed E-state index contributed by atoms with van der Waals surface area (Å²) in [6, 6.07) is 5.43. The Morgan fingerprint density at radius 3 is 2.58 bits per heavy atom. The third-order valence-corrected chi connectivity index (χ3v) is 3.23. The quantitative estimate of drug-likeness (QED) is 0.711. The van der Waals surface area contributed by atoms with Crippen LogP contribution in [0.4, 0.5) is 0 Å². The van der Waals surface area contributed by atoms with Crippen molar-refractivity contribution in [3.8, 4) is 11.5 Å². The summed E-state index contributed by atoms with van der Waals surface area (Å²) in [6.07, 6.45) is 1.62. The fraction of sp³-hybridized carbons (Fsp3) is 0.600. The molecule has 0 aromatic heterocycles. The van der Waals surface area contributed by atoms with E-state index in [1.165, 1.54) is 0 Å². The molecule has 1 aromatic carbocycles. The van der Waals surface area contributed by atoms with E-state index in [4.69, 9.17) is 9.47 Å². The highest BCUT2D eigenvalue weighted by atomic mass is 16.5. The predicted octanol–water partition coefficient (Wildman–Crippen LogP) is 2.52. The van der Waals surface area contributed by atoms with Crippen LogP contribution in [0.15, 0.2) is 18.2 Å². The molecule has 4 heteroatoms. The average molecular weight is 267 g/mol. The van der Waals surface area contributed by atoms with Crippen LogP contribution in [-0.4, -0.2) is 31.9 Å². The number of rotatable bonds is 8. The summed E-state index contributed by atoms with van der Waals surface area (Å²) in [7, 11) is 3.22. The Hall–Kier alpha value is -1.26. The van der Waals surface area contributed by atoms with Crippen LogP contribution < -0.4 is 14.8 Å². The molecule has 0 aliphatic rings. The first-order valence-corrected chi connectivity index (χ1v) is 6.77. The molecule has 0 spiro atoms. The molecule has 19 heavy (non-hydrogen) atoms.